The Hall–Kier alpha value is -0.950. The van der Waals surface area contributed by atoms with Gasteiger partial charge in [-0.1, -0.05) is 0 Å². The average Bonchev–Trinajstić information content (AvgIpc) is 1.89. The van der Waals surface area contributed by atoms with Crippen molar-refractivity contribution in [3.63, 3.8) is 0 Å². The first-order chi connectivity index (χ1) is 8.71. The van der Waals surface area contributed by atoms with Gasteiger partial charge < -0.3 is 4.74 Å². The molecule has 0 aromatic heterocycles. The van der Waals surface area contributed by atoms with E-state index in [0.29, 0.717) is 0 Å². The highest BCUT2D eigenvalue weighted by molar-refractivity contribution is 4.49. The van der Waals surface area contributed by atoms with Crippen molar-refractivity contribution >= 4 is 0 Å². The van der Waals surface area contributed by atoms with Crippen LogP contribution in [-0.4, -0.2) is 38.2 Å². The Kier molecular flexibility index (Phi) is 10.9. The molecular weight excluding hydrogens is 347 g/mol. The molecule has 0 rings (SSSR count). The lowest BCUT2D eigenvalue weighted by molar-refractivity contribution is -0.237. The summed E-state index contributed by atoms with van der Waals surface area (Å²) in [5.41, 5.74) is 0. The first kappa shape index (κ1) is 25.0. The van der Waals surface area contributed by atoms with Crippen molar-refractivity contribution in [2.24, 2.45) is 0 Å². The molecule has 14 heteroatoms. The number of halogens is 13. The summed E-state index contributed by atoms with van der Waals surface area (Å²) in [6.07, 6.45) is -18.9. The second-order valence-corrected chi connectivity index (χ2v) is 2.93. The van der Waals surface area contributed by atoms with E-state index < -0.39 is 38.2 Å². The van der Waals surface area contributed by atoms with Gasteiger partial charge in [-0.05, 0) is 0 Å². The molecule has 0 bridgehead atoms. The maximum absolute atomic E-state index is 11.1. The Bertz CT molecular complexity index is 205. The fourth-order valence-corrected chi connectivity index (χ4v) is 0.282. The van der Waals surface area contributed by atoms with Crippen molar-refractivity contribution in [1.82, 2.24) is 0 Å². The maximum Gasteiger partial charge on any atom is 0.559 e. The number of rotatable bonds is 2. The molecule has 0 fully saturated rings. The van der Waals surface area contributed by atoms with Crippen LogP contribution < -0.4 is 0 Å². The second-order valence-electron chi connectivity index (χ2n) is 2.93. The maximum atomic E-state index is 11.1. The molecule has 0 aliphatic rings. The summed E-state index contributed by atoms with van der Waals surface area (Å²) in [4.78, 5) is 0. The van der Waals surface area contributed by atoms with Crippen LogP contribution in [0.1, 0.15) is 6.92 Å². The van der Waals surface area contributed by atoms with E-state index in [4.69, 9.17) is 0 Å². The van der Waals surface area contributed by atoms with Gasteiger partial charge in [0.15, 0.2) is 0 Å². The molecule has 0 unspecified atom stereocenters. The van der Waals surface area contributed by atoms with Crippen molar-refractivity contribution < 1.29 is 61.8 Å². The quantitative estimate of drug-likeness (QED) is 0.622. The summed E-state index contributed by atoms with van der Waals surface area (Å²) >= 11 is 0. The Labute approximate surface area is 108 Å². The van der Waals surface area contributed by atoms with E-state index in [9.17, 15) is 57.1 Å². The molecule has 0 atom stereocenters. The van der Waals surface area contributed by atoms with Gasteiger partial charge in [0.25, 0.3) is 0 Å². The monoisotopic (exact) mass is 354 g/mol. The molecule has 0 spiro atoms. The summed E-state index contributed by atoms with van der Waals surface area (Å²) in [5, 5.41) is 0. The number of ether oxygens (including phenoxy) is 1. The fourth-order valence-electron chi connectivity index (χ4n) is 0.282. The molecule has 0 aromatic rings. The van der Waals surface area contributed by atoms with Gasteiger partial charge in [0.05, 0.1) is 0 Å². The minimum atomic E-state index is -5.50. The smallest absolute Gasteiger partial charge is 0.363 e. The molecule has 0 N–H and O–H groups in total. The average molecular weight is 354 g/mol. The van der Waals surface area contributed by atoms with Gasteiger partial charge in [-0.25, -0.2) is 0 Å². The normalized spacial score (nSPS) is 12.9. The first-order valence-electron chi connectivity index (χ1n) is 4.24. The first-order valence-corrected chi connectivity index (χ1v) is 4.24. The van der Waals surface area contributed by atoms with Gasteiger partial charge in [-0.15, -0.1) is 17.6 Å². The molecular formula is C7H7F13O. The van der Waals surface area contributed by atoms with Gasteiger partial charge in [-0.2, -0.15) is 39.5 Å². The van der Waals surface area contributed by atoms with Crippen LogP contribution in [0.15, 0.2) is 0 Å². The standard InChI is InChI=1S/C4H4F6O.C2H3F3.CF4/c5-3(6,7)1-11-2-4(8,9)10;1-2(3,4)5;2-1(3,4)5/h1-2H2;1H3;. The van der Waals surface area contributed by atoms with Crippen LogP contribution in [0.2, 0.25) is 0 Å². The Morgan fingerprint density at radius 3 is 0.810 bits per heavy atom. The van der Waals surface area contributed by atoms with E-state index in [1.165, 1.54) is 0 Å². The minimum Gasteiger partial charge on any atom is -0.363 e. The van der Waals surface area contributed by atoms with E-state index in [-0.39, 0.29) is 6.92 Å². The zero-order valence-corrected chi connectivity index (χ0v) is 9.74. The Morgan fingerprint density at radius 2 is 0.714 bits per heavy atom. The van der Waals surface area contributed by atoms with Crippen LogP contribution in [0, 0.1) is 0 Å². The second kappa shape index (κ2) is 9.15. The van der Waals surface area contributed by atoms with Crippen molar-refractivity contribution in [3.8, 4) is 0 Å². The summed E-state index contributed by atoms with van der Waals surface area (Å²) in [7, 11) is 0. The third-order valence-corrected chi connectivity index (χ3v) is 0.531. The highest BCUT2D eigenvalue weighted by Gasteiger charge is 2.32. The predicted octanol–water partition coefficient (Wildman–Crippen LogP) is 5.17. The van der Waals surface area contributed by atoms with Crippen LogP contribution in [0.3, 0.4) is 0 Å². The van der Waals surface area contributed by atoms with Crippen molar-refractivity contribution in [3.05, 3.63) is 0 Å². The van der Waals surface area contributed by atoms with Gasteiger partial charge in [0.1, 0.15) is 13.2 Å². The zero-order chi connectivity index (χ0) is 18.1. The minimum absolute atomic E-state index is 0.188. The zero-order valence-electron chi connectivity index (χ0n) is 9.74. The highest BCUT2D eigenvalue weighted by atomic mass is 19.5. The van der Waals surface area contributed by atoms with E-state index in [2.05, 4.69) is 4.74 Å². The van der Waals surface area contributed by atoms with Crippen LogP contribution >= 0.6 is 0 Å². The van der Waals surface area contributed by atoms with Crippen LogP contribution in [-0.2, 0) is 4.74 Å². The van der Waals surface area contributed by atoms with Crippen molar-refractivity contribution in [2.45, 2.75) is 31.9 Å². The molecule has 21 heavy (non-hydrogen) atoms. The molecule has 0 aromatic carbocycles. The molecule has 0 saturated carbocycles. The van der Waals surface area contributed by atoms with E-state index in [1.54, 1.807) is 0 Å². The fraction of sp³-hybridized carbons (Fsp3) is 1.00. The van der Waals surface area contributed by atoms with Gasteiger partial charge >= 0.3 is 25.0 Å². The van der Waals surface area contributed by atoms with E-state index in [0.717, 1.165) is 0 Å². The molecule has 132 valence electrons. The molecule has 1 nitrogen and oxygen atoms in total. The molecule has 0 saturated heterocycles. The predicted molar refractivity (Wildman–Crippen MR) is 41.8 cm³/mol. The Morgan fingerprint density at radius 1 is 0.571 bits per heavy atom. The third-order valence-electron chi connectivity index (χ3n) is 0.531. The number of hydrogen-bond donors (Lipinski definition) is 0. The highest BCUT2D eigenvalue weighted by Crippen LogP contribution is 2.18. The van der Waals surface area contributed by atoms with Crippen molar-refractivity contribution in [1.29, 1.82) is 0 Å². The van der Waals surface area contributed by atoms with Crippen LogP contribution in [0.5, 0.6) is 0 Å². The molecule has 0 aliphatic carbocycles. The number of hydrogen-bond acceptors (Lipinski definition) is 1. The van der Waals surface area contributed by atoms with Crippen molar-refractivity contribution in [2.75, 3.05) is 13.2 Å². The molecule has 0 aliphatic heterocycles. The Balaban J connectivity index is -0.000000270. The van der Waals surface area contributed by atoms with Gasteiger partial charge in [0, 0.05) is 6.92 Å². The van der Waals surface area contributed by atoms with Crippen LogP contribution in [0.4, 0.5) is 57.1 Å². The van der Waals surface area contributed by atoms with Gasteiger partial charge in [-0.3, -0.25) is 0 Å². The van der Waals surface area contributed by atoms with Gasteiger partial charge in [0.2, 0.25) is 0 Å². The molecule has 0 amide bonds. The molecule has 0 radical (unpaired) electrons. The third kappa shape index (κ3) is 111. The van der Waals surface area contributed by atoms with E-state index in [1.807, 2.05) is 0 Å². The lowest BCUT2D eigenvalue weighted by atomic mass is 10.6. The summed E-state index contributed by atoms with van der Waals surface area (Å²) in [6.45, 7) is -3.55. The SMILES string of the molecule is CC(F)(F)F.FC(F)(F)COCC(F)(F)F.FC(F)(F)F. The summed E-state index contributed by atoms with van der Waals surface area (Å²) < 4.78 is 140. The summed E-state index contributed by atoms with van der Waals surface area (Å²) in [5.74, 6) is 0. The topological polar surface area (TPSA) is 9.23 Å². The largest absolute Gasteiger partial charge is 0.559 e. The number of alkyl halides is 13. The lowest BCUT2D eigenvalue weighted by Crippen LogP contribution is -2.23. The van der Waals surface area contributed by atoms with E-state index >= 15 is 0 Å². The lowest BCUT2D eigenvalue weighted by Gasteiger charge is -2.09. The van der Waals surface area contributed by atoms with Crippen LogP contribution in [0.25, 0.3) is 0 Å². The molecule has 0 heterocycles. The summed E-state index contributed by atoms with van der Waals surface area (Å²) in [6, 6.07) is 0.